The Balaban J connectivity index is 1.10. The van der Waals surface area contributed by atoms with Crippen molar-refractivity contribution < 1.29 is 23.8 Å². The van der Waals surface area contributed by atoms with Crippen molar-refractivity contribution >= 4 is 40.8 Å². The molecule has 220 valence electrons. The minimum atomic E-state index is -0.644. The number of aromatic nitrogens is 1. The number of piperidine rings is 1. The number of β-amino-alcohol motifs (C(OH)–C–C–N with tert-alkyl or cyclic N) is 1. The van der Waals surface area contributed by atoms with Crippen molar-refractivity contribution in [2.24, 2.45) is 0 Å². The Bertz CT molecular complexity index is 1420. The van der Waals surface area contributed by atoms with Gasteiger partial charge >= 0.3 is 6.03 Å². The number of hydrogen-bond donors (Lipinski definition) is 4. The van der Waals surface area contributed by atoms with Gasteiger partial charge in [-0.2, -0.15) is 0 Å². The number of carbonyl (C=O) groups excluding carboxylic acids is 2. The van der Waals surface area contributed by atoms with E-state index in [1.165, 1.54) is 24.4 Å². The molecule has 3 heterocycles. The molecule has 1 aromatic heterocycles. The number of anilines is 2. The number of aliphatic hydroxyl groups excluding tert-OH is 1. The lowest BCUT2D eigenvalue weighted by Gasteiger charge is -2.36. The van der Waals surface area contributed by atoms with Crippen molar-refractivity contribution in [3.63, 3.8) is 0 Å². The number of pyridine rings is 1. The highest BCUT2D eigenvalue weighted by atomic mass is 32.1. The molecule has 10 nitrogen and oxygen atoms in total. The molecule has 5 rings (SSSR count). The maximum Gasteiger partial charge on any atom is 0.323 e. The van der Waals surface area contributed by atoms with Crippen molar-refractivity contribution in [2.45, 2.75) is 37.8 Å². The zero-order valence-electron chi connectivity index (χ0n) is 23.0. The summed E-state index contributed by atoms with van der Waals surface area (Å²) in [5, 5.41) is 18.0. The molecule has 1 atom stereocenters. The van der Waals surface area contributed by atoms with E-state index in [0.717, 1.165) is 31.4 Å². The molecule has 12 heteroatoms. The molecule has 3 aromatic rings. The normalized spacial score (nSPS) is 17.5. The molecule has 42 heavy (non-hydrogen) atoms. The zero-order valence-corrected chi connectivity index (χ0v) is 23.8. The predicted molar refractivity (Wildman–Crippen MR) is 161 cm³/mol. The first-order valence-electron chi connectivity index (χ1n) is 13.9. The van der Waals surface area contributed by atoms with E-state index in [9.17, 15) is 19.1 Å². The van der Waals surface area contributed by atoms with Gasteiger partial charge in [0.15, 0.2) is 16.7 Å². The minimum Gasteiger partial charge on any atom is -0.454 e. The van der Waals surface area contributed by atoms with Crippen LogP contribution in [0.1, 0.15) is 24.8 Å². The number of hydrogen-bond acceptors (Lipinski definition) is 7. The number of carbonyl (C=O) groups is 2. The van der Waals surface area contributed by atoms with Crippen molar-refractivity contribution in [3.05, 3.63) is 78.2 Å². The number of urea groups is 1. The summed E-state index contributed by atoms with van der Waals surface area (Å²) in [5.41, 5.74) is 1.20. The average molecular weight is 593 g/mol. The standard InChI is InChI=1S/C30H33FN6O4S/c31-25-17-21(33-29(42)35-28(39)16-20-4-2-1-3-5-20)6-7-26(25)41-24-8-12-32-27(18-24)34-30(40)36-13-9-22(10-14-36)37-15-11-23(38)19-37/h1-8,12,17-18,22-23,38H,9-11,13-16,19H2,(H,32,34,40)(H2,33,35,39,42)/t23-/m0/s1. The van der Waals surface area contributed by atoms with Gasteiger partial charge in [0.05, 0.1) is 12.5 Å². The third-order valence-electron chi connectivity index (χ3n) is 7.31. The molecule has 2 aliphatic heterocycles. The lowest BCUT2D eigenvalue weighted by Crippen LogP contribution is -2.47. The molecule has 2 aliphatic rings. The number of rotatable bonds is 7. The molecule has 2 saturated heterocycles. The quantitative estimate of drug-likeness (QED) is 0.303. The van der Waals surface area contributed by atoms with Crippen LogP contribution in [0.5, 0.6) is 11.5 Å². The molecule has 2 fully saturated rings. The van der Waals surface area contributed by atoms with Crippen molar-refractivity contribution in [3.8, 4) is 11.5 Å². The maximum absolute atomic E-state index is 14.8. The fraction of sp³-hybridized carbons (Fsp3) is 0.333. The molecule has 0 radical (unpaired) electrons. The van der Waals surface area contributed by atoms with Gasteiger partial charge in [-0.3, -0.25) is 15.0 Å². The molecule has 0 unspecified atom stereocenters. The van der Waals surface area contributed by atoms with Crippen LogP contribution in [0.15, 0.2) is 66.9 Å². The zero-order chi connectivity index (χ0) is 29.5. The van der Waals surface area contributed by atoms with E-state index in [4.69, 9.17) is 17.0 Å². The predicted octanol–water partition coefficient (Wildman–Crippen LogP) is 4.13. The van der Waals surface area contributed by atoms with E-state index < -0.39 is 5.82 Å². The van der Waals surface area contributed by atoms with Crippen LogP contribution >= 0.6 is 12.2 Å². The fourth-order valence-corrected chi connectivity index (χ4v) is 5.40. The van der Waals surface area contributed by atoms with Gasteiger partial charge in [0, 0.05) is 56.2 Å². The third-order valence-corrected chi connectivity index (χ3v) is 7.51. The second kappa shape index (κ2) is 13.7. The molecular formula is C30H33FN6O4S. The van der Waals surface area contributed by atoms with Gasteiger partial charge in [0.1, 0.15) is 11.6 Å². The van der Waals surface area contributed by atoms with E-state index in [1.54, 1.807) is 17.0 Å². The van der Waals surface area contributed by atoms with Crippen LogP contribution in [0.25, 0.3) is 0 Å². The molecule has 0 saturated carbocycles. The van der Waals surface area contributed by atoms with Crippen LogP contribution in [0.4, 0.5) is 20.7 Å². The highest BCUT2D eigenvalue weighted by Crippen LogP contribution is 2.28. The average Bonchev–Trinajstić information content (AvgIpc) is 3.41. The van der Waals surface area contributed by atoms with Gasteiger partial charge in [-0.25, -0.2) is 14.2 Å². The highest BCUT2D eigenvalue weighted by molar-refractivity contribution is 7.80. The maximum atomic E-state index is 14.8. The number of likely N-dealkylation sites (tertiary alicyclic amines) is 2. The Hall–Kier alpha value is -4.13. The molecule has 4 N–H and O–H groups in total. The number of halogens is 1. The number of ether oxygens (including phenoxy) is 1. The summed E-state index contributed by atoms with van der Waals surface area (Å²) in [5.74, 6) is -0.370. The van der Waals surface area contributed by atoms with Gasteiger partial charge in [0.25, 0.3) is 0 Å². The summed E-state index contributed by atoms with van der Waals surface area (Å²) in [6.45, 7) is 2.83. The van der Waals surface area contributed by atoms with Crippen LogP contribution in [-0.4, -0.2) is 75.3 Å². The van der Waals surface area contributed by atoms with Gasteiger partial charge in [0.2, 0.25) is 5.91 Å². The summed E-state index contributed by atoms with van der Waals surface area (Å²) in [7, 11) is 0. The molecule has 0 spiro atoms. The highest BCUT2D eigenvalue weighted by Gasteiger charge is 2.31. The number of benzene rings is 2. The van der Waals surface area contributed by atoms with Gasteiger partial charge in [-0.15, -0.1) is 0 Å². The summed E-state index contributed by atoms with van der Waals surface area (Å²) < 4.78 is 20.6. The van der Waals surface area contributed by atoms with Crippen molar-refractivity contribution in [2.75, 3.05) is 36.8 Å². The molecule has 0 bridgehead atoms. The van der Waals surface area contributed by atoms with Crippen molar-refractivity contribution in [1.82, 2.24) is 20.1 Å². The first-order valence-corrected chi connectivity index (χ1v) is 14.3. The summed E-state index contributed by atoms with van der Waals surface area (Å²) in [4.78, 5) is 33.3. The lowest BCUT2D eigenvalue weighted by molar-refractivity contribution is -0.119. The monoisotopic (exact) mass is 592 g/mol. The Morgan fingerprint density at radius 3 is 2.52 bits per heavy atom. The van der Waals surface area contributed by atoms with E-state index in [-0.39, 0.29) is 41.1 Å². The van der Waals surface area contributed by atoms with E-state index in [0.29, 0.717) is 37.1 Å². The molecule has 2 aromatic carbocycles. The Kier molecular flexibility index (Phi) is 9.57. The van der Waals surface area contributed by atoms with Crippen LogP contribution in [0.2, 0.25) is 0 Å². The minimum absolute atomic E-state index is 0.0304. The first kappa shape index (κ1) is 29.4. The molecule has 0 aliphatic carbocycles. The topological polar surface area (TPSA) is 119 Å². The lowest BCUT2D eigenvalue weighted by atomic mass is 10.0. The van der Waals surface area contributed by atoms with Crippen LogP contribution in [0, 0.1) is 5.82 Å². The number of nitrogens with one attached hydrogen (secondary N) is 3. The van der Waals surface area contributed by atoms with Gasteiger partial charge in [-0.1, -0.05) is 30.3 Å². The summed E-state index contributed by atoms with van der Waals surface area (Å²) in [6, 6.07) is 16.7. The van der Waals surface area contributed by atoms with Gasteiger partial charge in [-0.05, 0) is 55.2 Å². The number of amides is 3. The van der Waals surface area contributed by atoms with Gasteiger partial charge < -0.3 is 25.4 Å². The molecular weight excluding hydrogens is 559 g/mol. The summed E-state index contributed by atoms with van der Waals surface area (Å²) >= 11 is 5.19. The number of thiocarbonyl (C=S) groups is 1. The van der Waals surface area contributed by atoms with Crippen LogP contribution in [-0.2, 0) is 11.2 Å². The summed E-state index contributed by atoms with van der Waals surface area (Å²) in [6.07, 6.45) is 3.90. The molecule has 3 amide bonds. The third kappa shape index (κ3) is 7.99. The Morgan fingerprint density at radius 1 is 1.02 bits per heavy atom. The van der Waals surface area contributed by atoms with Crippen LogP contribution < -0.4 is 20.7 Å². The largest absolute Gasteiger partial charge is 0.454 e. The second-order valence-electron chi connectivity index (χ2n) is 10.4. The fourth-order valence-electron chi connectivity index (χ4n) is 5.17. The van der Waals surface area contributed by atoms with E-state index >= 15 is 0 Å². The van der Waals surface area contributed by atoms with Crippen molar-refractivity contribution in [1.29, 1.82) is 0 Å². The Morgan fingerprint density at radius 2 is 1.81 bits per heavy atom. The van der Waals surface area contributed by atoms with Crippen LogP contribution in [0.3, 0.4) is 0 Å². The number of nitrogens with zero attached hydrogens (tertiary/aromatic N) is 3. The van der Waals surface area contributed by atoms with E-state index in [2.05, 4.69) is 25.8 Å². The van der Waals surface area contributed by atoms with E-state index in [1.807, 2.05) is 30.3 Å². The second-order valence-corrected chi connectivity index (χ2v) is 10.8. The number of aliphatic hydroxyl groups is 1. The first-order chi connectivity index (χ1) is 20.3. The SMILES string of the molecule is O=C(Cc1ccccc1)NC(=S)Nc1ccc(Oc2ccnc(NC(=O)N3CCC(N4CC[C@H](O)C4)CC3)c2)c(F)c1. The Labute approximate surface area is 248 Å². The smallest absolute Gasteiger partial charge is 0.323 e.